The molecule has 2 atom stereocenters. The van der Waals surface area contributed by atoms with E-state index in [0.29, 0.717) is 22.9 Å². The van der Waals surface area contributed by atoms with Gasteiger partial charge in [0.05, 0.1) is 17.2 Å². The van der Waals surface area contributed by atoms with Crippen molar-refractivity contribution in [1.29, 1.82) is 0 Å². The maximum absolute atomic E-state index is 13.3. The summed E-state index contributed by atoms with van der Waals surface area (Å²) in [5.41, 5.74) is 4.12. The van der Waals surface area contributed by atoms with E-state index in [1.807, 2.05) is 0 Å². The number of hydrogen-bond acceptors (Lipinski definition) is 7. The summed E-state index contributed by atoms with van der Waals surface area (Å²) in [4.78, 5) is 31.0. The molecule has 0 saturated carbocycles. The first kappa shape index (κ1) is 24.6. The summed E-state index contributed by atoms with van der Waals surface area (Å²) in [6, 6.07) is 7.78. The van der Waals surface area contributed by atoms with Gasteiger partial charge in [-0.25, -0.2) is 4.98 Å². The van der Waals surface area contributed by atoms with Crippen LogP contribution in [-0.4, -0.2) is 46.4 Å². The second-order valence-corrected chi connectivity index (χ2v) is 8.86. The van der Waals surface area contributed by atoms with Crippen molar-refractivity contribution in [3.05, 3.63) is 71.5 Å². The van der Waals surface area contributed by atoms with Crippen LogP contribution in [0.4, 0.5) is 5.82 Å². The first-order chi connectivity index (χ1) is 15.8. The van der Waals surface area contributed by atoms with Gasteiger partial charge in [-0.05, 0) is 66.8 Å². The molecule has 5 N–H and O–H groups in total. The van der Waals surface area contributed by atoms with E-state index in [0.717, 1.165) is 0 Å². The highest BCUT2D eigenvalue weighted by molar-refractivity contribution is 7.90. The van der Waals surface area contributed by atoms with Crippen LogP contribution in [0.25, 0.3) is 0 Å². The Balaban J connectivity index is 1.86. The Bertz CT molecular complexity index is 1060. The fourth-order valence-corrected chi connectivity index (χ4v) is 3.57. The van der Waals surface area contributed by atoms with Gasteiger partial charge in [0.25, 0.3) is 11.8 Å². The van der Waals surface area contributed by atoms with E-state index in [9.17, 15) is 14.1 Å². The van der Waals surface area contributed by atoms with E-state index >= 15 is 0 Å². The number of amides is 2. The quantitative estimate of drug-likeness (QED) is 0.311. The third kappa shape index (κ3) is 6.26. The van der Waals surface area contributed by atoms with Gasteiger partial charge in [-0.2, -0.15) is 0 Å². The molecule has 1 aromatic heterocycles. The molecule has 9 nitrogen and oxygen atoms in total. The van der Waals surface area contributed by atoms with Gasteiger partial charge >= 0.3 is 0 Å². The Hall–Kier alpha value is -3.05. The predicted molar refractivity (Wildman–Crippen MR) is 127 cm³/mol. The highest BCUT2D eigenvalue weighted by Crippen LogP contribution is 2.25. The zero-order valence-electron chi connectivity index (χ0n) is 17.8. The van der Waals surface area contributed by atoms with Gasteiger partial charge in [0, 0.05) is 12.3 Å². The number of carbonyl (C=O) groups excluding carboxylic acids is 2. The summed E-state index contributed by atoms with van der Waals surface area (Å²) in [6.07, 6.45) is 9.88. The average molecular weight is 490 g/mol. The predicted octanol–water partition coefficient (Wildman–Crippen LogP) is 1.94. The summed E-state index contributed by atoms with van der Waals surface area (Å²) in [7, 11) is 0. The molecule has 0 radical (unpaired) electrons. The number of aromatic nitrogens is 1. The second kappa shape index (κ2) is 11.2. The number of anilines is 1. The summed E-state index contributed by atoms with van der Waals surface area (Å²) in [5, 5.41) is 8.70. The number of nitrogens with zero attached hydrogens (tertiary/aromatic N) is 1. The molecule has 0 saturated heterocycles. The summed E-state index contributed by atoms with van der Waals surface area (Å²) >= 11 is 4.59. The van der Waals surface area contributed by atoms with Gasteiger partial charge in [0.1, 0.15) is 17.8 Å². The van der Waals surface area contributed by atoms with Crippen LogP contribution in [0.3, 0.4) is 0 Å². The molecule has 2 aromatic rings. The van der Waals surface area contributed by atoms with Crippen LogP contribution in [0.15, 0.2) is 65.9 Å². The normalized spacial score (nSPS) is 17.7. The van der Waals surface area contributed by atoms with E-state index in [2.05, 4.69) is 20.9 Å². The molecule has 1 aromatic carbocycles. The minimum absolute atomic E-state index is 0.183. The molecule has 174 valence electrons. The van der Waals surface area contributed by atoms with Crippen molar-refractivity contribution < 1.29 is 18.9 Å². The highest BCUT2D eigenvalue weighted by atomic mass is 35.5. The lowest BCUT2D eigenvalue weighted by Gasteiger charge is -2.32. The van der Waals surface area contributed by atoms with E-state index in [1.165, 1.54) is 30.8 Å². The Labute approximate surface area is 199 Å². The van der Waals surface area contributed by atoms with Crippen molar-refractivity contribution >= 4 is 40.4 Å². The maximum atomic E-state index is 13.3. The first-order valence-electron chi connectivity index (χ1n) is 10.0. The van der Waals surface area contributed by atoms with Crippen LogP contribution < -0.4 is 26.4 Å². The largest absolute Gasteiger partial charge is 0.612 e. The topological polar surface area (TPSA) is 141 Å². The number of dihydropyridines is 1. The molecule has 0 fully saturated rings. The number of benzene rings is 1. The number of carbonyl (C=O) groups is 2. The second-order valence-electron chi connectivity index (χ2n) is 7.04. The van der Waals surface area contributed by atoms with Gasteiger partial charge < -0.3 is 31.0 Å². The zero-order valence-corrected chi connectivity index (χ0v) is 19.4. The molecule has 2 amide bonds. The highest BCUT2D eigenvalue weighted by Gasteiger charge is 2.38. The van der Waals surface area contributed by atoms with Crippen molar-refractivity contribution in [2.75, 3.05) is 24.7 Å². The van der Waals surface area contributed by atoms with Crippen LogP contribution in [0.2, 0.25) is 5.02 Å². The molecular weight excluding hydrogens is 466 g/mol. The Morgan fingerprint density at radius 3 is 2.76 bits per heavy atom. The van der Waals surface area contributed by atoms with Gasteiger partial charge in [0.2, 0.25) is 5.66 Å². The van der Waals surface area contributed by atoms with Crippen LogP contribution in [0, 0.1) is 0 Å². The fourth-order valence-electron chi connectivity index (χ4n) is 2.92. The monoisotopic (exact) mass is 489 g/mol. The first-order valence-corrected chi connectivity index (χ1v) is 12.0. The molecule has 33 heavy (non-hydrogen) atoms. The van der Waals surface area contributed by atoms with Crippen molar-refractivity contribution in [2.45, 2.75) is 17.0 Å². The molecule has 1 aliphatic heterocycles. The molecule has 0 bridgehead atoms. The number of halogens is 1. The van der Waals surface area contributed by atoms with Gasteiger partial charge in [-0.3, -0.25) is 9.59 Å². The standard InChI is InChI=1S/C22H24ClN5O4S/c1-33(31)16-6-7-17(18(13-16)32-12-4-10-24)20(29)28-22(9-2-3-11-26-22)21(30)27-19-8-5-15(23)14-25-19/h2-3,5-9,11,13-14,26H,4,10,12,24H2,1H3,(H,28,29)(H,25,27,30). The Morgan fingerprint density at radius 1 is 1.30 bits per heavy atom. The van der Waals surface area contributed by atoms with Crippen LogP contribution in [-0.2, 0) is 16.0 Å². The molecule has 3 rings (SSSR count). The smallest absolute Gasteiger partial charge is 0.276 e. The van der Waals surface area contributed by atoms with Crippen molar-refractivity contribution in [1.82, 2.24) is 15.6 Å². The lowest BCUT2D eigenvalue weighted by atomic mass is 10.0. The number of allylic oxidation sites excluding steroid dienone is 2. The van der Waals surface area contributed by atoms with E-state index in [-0.39, 0.29) is 23.7 Å². The number of pyridine rings is 1. The molecule has 2 heterocycles. The van der Waals surface area contributed by atoms with Gasteiger partial charge in [-0.15, -0.1) is 0 Å². The van der Waals surface area contributed by atoms with Gasteiger partial charge in [-0.1, -0.05) is 17.7 Å². The lowest BCUT2D eigenvalue weighted by Crippen LogP contribution is -2.63. The molecule has 2 unspecified atom stereocenters. The van der Waals surface area contributed by atoms with Crippen molar-refractivity contribution in [3.8, 4) is 5.75 Å². The number of nitrogens with one attached hydrogen (secondary N) is 3. The van der Waals surface area contributed by atoms with E-state index < -0.39 is 28.7 Å². The van der Waals surface area contributed by atoms with Crippen molar-refractivity contribution in [3.63, 3.8) is 0 Å². The minimum Gasteiger partial charge on any atom is -0.612 e. The third-order valence-corrected chi connectivity index (χ3v) is 5.78. The maximum Gasteiger partial charge on any atom is 0.276 e. The van der Waals surface area contributed by atoms with Crippen LogP contribution in [0.5, 0.6) is 5.75 Å². The average Bonchev–Trinajstić information content (AvgIpc) is 2.81. The minimum atomic E-state index is -1.59. The molecule has 11 heteroatoms. The van der Waals surface area contributed by atoms with Crippen molar-refractivity contribution in [2.24, 2.45) is 5.73 Å². The van der Waals surface area contributed by atoms with E-state index in [1.54, 1.807) is 36.4 Å². The fraction of sp³-hybridized carbons (Fsp3) is 0.227. The molecule has 1 aliphatic rings. The summed E-state index contributed by atoms with van der Waals surface area (Å²) in [5.74, 6) is -0.622. The van der Waals surface area contributed by atoms with Gasteiger partial charge in [0.15, 0.2) is 4.90 Å². The number of hydrogen-bond donors (Lipinski definition) is 4. The molecular formula is C22H24ClN5O4S. The SMILES string of the molecule is C[S+]([O-])c1ccc(C(=O)NC2(C(=O)Nc3ccc(Cl)cn3)C=CC=CN2)c(OCCCN)c1. The molecule has 0 aliphatic carbocycles. The van der Waals surface area contributed by atoms with Crippen LogP contribution in [0.1, 0.15) is 16.8 Å². The van der Waals surface area contributed by atoms with E-state index in [4.69, 9.17) is 22.1 Å². The van der Waals surface area contributed by atoms with Crippen LogP contribution >= 0.6 is 11.6 Å². The number of ether oxygens (including phenoxy) is 1. The summed E-state index contributed by atoms with van der Waals surface area (Å²) in [6.45, 7) is 0.704. The number of nitrogens with two attached hydrogens (primary N) is 1. The lowest BCUT2D eigenvalue weighted by molar-refractivity contribution is -0.121. The molecule has 0 spiro atoms. The third-order valence-electron chi connectivity index (χ3n) is 4.64. The number of rotatable bonds is 9. The zero-order chi connectivity index (χ0) is 23.8. The summed E-state index contributed by atoms with van der Waals surface area (Å²) < 4.78 is 17.6. The Morgan fingerprint density at radius 2 is 2.12 bits per heavy atom. The Kier molecular flexibility index (Phi) is 8.34.